The van der Waals surface area contributed by atoms with Crippen LogP contribution in [0.3, 0.4) is 0 Å². The number of aliphatic carboxylic acids is 1. The summed E-state index contributed by atoms with van der Waals surface area (Å²) in [6.45, 7) is 4.43. The maximum absolute atomic E-state index is 12.0. The van der Waals surface area contributed by atoms with E-state index in [0.29, 0.717) is 13.0 Å². The summed E-state index contributed by atoms with van der Waals surface area (Å²) < 4.78 is 0. The van der Waals surface area contributed by atoms with Crippen molar-refractivity contribution < 1.29 is 14.7 Å². The van der Waals surface area contributed by atoms with E-state index in [0.717, 1.165) is 12.8 Å². The van der Waals surface area contributed by atoms with Gasteiger partial charge in [0.1, 0.15) is 6.04 Å². The summed E-state index contributed by atoms with van der Waals surface area (Å²) in [5.41, 5.74) is 0.00804. The van der Waals surface area contributed by atoms with Gasteiger partial charge in [-0.15, -0.1) is 0 Å². The minimum atomic E-state index is -0.984. The Balaban J connectivity index is 2.50. The van der Waals surface area contributed by atoms with Gasteiger partial charge in [0.2, 0.25) is 0 Å². The van der Waals surface area contributed by atoms with Crippen LogP contribution in [-0.4, -0.2) is 54.2 Å². The van der Waals surface area contributed by atoms with Gasteiger partial charge in [0.15, 0.2) is 0 Å². The van der Waals surface area contributed by atoms with Crippen molar-refractivity contribution in [3.63, 3.8) is 0 Å². The number of nitrogens with zero attached hydrogens (tertiary/aromatic N) is 1. The van der Waals surface area contributed by atoms with Crippen LogP contribution in [0.1, 0.15) is 46.0 Å². The predicted octanol–water partition coefficient (Wildman–Crippen LogP) is 1.66. The molecule has 0 heterocycles. The quantitative estimate of drug-likeness (QED) is 0.668. The van der Waals surface area contributed by atoms with Crippen LogP contribution in [0, 0.1) is 5.92 Å². The largest absolute Gasteiger partial charge is 0.480 e. The van der Waals surface area contributed by atoms with Gasteiger partial charge in [-0.25, -0.2) is 9.59 Å². The molecule has 0 unspecified atom stereocenters. The SMILES string of the molecule is CC(C)C[C@@H](NC(=O)NCC1(N(C)C)CCCC1)C(=O)O. The van der Waals surface area contributed by atoms with Gasteiger partial charge in [0.25, 0.3) is 0 Å². The van der Waals surface area contributed by atoms with Gasteiger partial charge < -0.3 is 20.6 Å². The van der Waals surface area contributed by atoms with Crippen molar-refractivity contribution >= 4 is 12.0 Å². The molecule has 0 radical (unpaired) electrons. The molecule has 1 saturated carbocycles. The molecule has 3 N–H and O–H groups in total. The first-order valence-electron chi connectivity index (χ1n) is 7.71. The standard InChI is InChI=1S/C15H29N3O3/c1-11(2)9-12(13(19)20)17-14(21)16-10-15(18(3)4)7-5-6-8-15/h11-12H,5-10H2,1-4H3,(H,19,20)(H2,16,17,21)/t12-/m1/s1. The molecule has 0 spiro atoms. The molecule has 0 saturated heterocycles. The van der Waals surface area contributed by atoms with E-state index in [1.165, 1.54) is 12.8 Å². The molecule has 0 aromatic rings. The van der Waals surface area contributed by atoms with Crippen molar-refractivity contribution in [2.45, 2.75) is 57.5 Å². The second-order valence-electron chi connectivity index (χ2n) is 6.67. The summed E-state index contributed by atoms with van der Waals surface area (Å²) in [5, 5.41) is 14.5. The van der Waals surface area contributed by atoms with E-state index in [1.807, 2.05) is 27.9 Å². The molecule has 122 valence electrons. The highest BCUT2D eigenvalue weighted by Gasteiger charge is 2.36. The number of likely N-dealkylation sites (N-methyl/N-ethyl adjacent to an activating group) is 1. The van der Waals surface area contributed by atoms with Crippen LogP contribution < -0.4 is 10.6 Å². The van der Waals surface area contributed by atoms with E-state index in [2.05, 4.69) is 15.5 Å². The third kappa shape index (κ3) is 5.19. The molecule has 1 atom stereocenters. The Morgan fingerprint density at radius 3 is 2.24 bits per heavy atom. The number of carboxylic acid groups (broad SMARTS) is 1. The third-order valence-electron chi connectivity index (χ3n) is 4.37. The number of carbonyl (C=O) groups excluding carboxylic acids is 1. The Kier molecular flexibility index (Phi) is 6.45. The summed E-state index contributed by atoms with van der Waals surface area (Å²) in [6.07, 6.45) is 4.91. The second kappa shape index (κ2) is 7.64. The number of rotatable bonds is 7. The van der Waals surface area contributed by atoms with Crippen molar-refractivity contribution in [3.05, 3.63) is 0 Å². The zero-order valence-electron chi connectivity index (χ0n) is 13.6. The molecule has 0 aliphatic heterocycles. The number of nitrogens with one attached hydrogen (secondary N) is 2. The summed E-state index contributed by atoms with van der Waals surface area (Å²) in [7, 11) is 4.06. The topological polar surface area (TPSA) is 81.7 Å². The lowest BCUT2D eigenvalue weighted by molar-refractivity contribution is -0.139. The lowest BCUT2D eigenvalue weighted by Gasteiger charge is -2.36. The fourth-order valence-electron chi connectivity index (χ4n) is 2.96. The fraction of sp³-hybridized carbons (Fsp3) is 0.867. The van der Waals surface area contributed by atoms with Gasteiger partial charge in [-0.1, -0.05) is 26.7 Å². The van der Waals surface area contributed by atoms with Gasteiger partial charge in [0.05, 0.1) is 0 Å². The maximum Gasteiger partial charge on any atom is 0.326 e. The molecule has 21 heavy (non-hydrogen) atoms. The number of hydrogen-bond acceptors (Lipinski definition) is 3. The molecule has 2 amide bonds. The monoisotopic (exact) mass is 299 g/mol. The Labute approximate surface area is 127 Å². The molecule has 6 heteroatoms. The van der Waals surface area contributed by atoms with E-state index in [1.54, 1.807) is 0 Å². The summed E-state index contributed by atoms with van der Waals surface area (Å²) in [6, 6.07) is -1.22. The third-order valence-corrected chi connectivity index (χ3v) is 4.37. The Hall–Kier alpha value is -1.30. The molecule has 1 aliphatic rings. The van der Waals surface area contributed by atoms with Gasteiger partial charge >= 0.3 is 12.0 Å². The maximum atomic E-state index is 12.0. The number of amides is 2. The van der Waals surface area contributed by atoms with E-state index < -0.39 is 18.0 Å². The van der Waals surface area contributed by atoms with Crippen molar-refractivity contribution in [2.24, 2.45) is 5.92 Å². The minimum absolute atomic E-state index is 0.00804. The van der Waals surface area contributed by atoms with E-state index in [-0.39, 0.29) is 11.5 Å². The molecule has 1 aliphatic carbocycles. The highest BCUT2D eigenvalue weighted by atomic mass is 16.4. The van der Waals surface area contributed by atoms with E-state index in [4.69, 9.17) is 5.11 Å². The van der Waals surface area contributed by atoms with Gasteiger partial charge in [-0.05, 0) is 39.3 Å². The molecule has 0 aromatic heterocycles. The number of carbonyl (C=O) groups is 2. The first kappa shape index (κ1) is 17.8. The zero-order valence-corrected chi connectivity index (χ0v) is 13.6. The van der Waals surface area contributed by atoms with Gasteiger partial charge in [-0.3, -0.25) is 0 Å². The van der Waals surface area contributed by atoms with Crippen LogP contribution in [0.25, 0.3) is 0 Å². The minimum Gasteiger partial charge on any atom is -0.480 e. The predicted molar refractivity (Wildman–Crippen MR) is 82.3 cm³/mol. The lowest BCUT2D eigenvalue weighted by Crippen LogP contribution is -2.54. The number of urea groups is 1. The Bertz CT molecular complexity index is 363. The first-order chi connectivity index (χ1) is 9.77. The number of hydrogen-bond donors (Lipinski definition) is 3. The summed E-state index contributed by atoms with van der Waals surface area (Å²) >= 11 is 0. The van der Waals surface area contributed by atoms with Gasteiger partial charge in [-0.2, -0.15) is 0 Å². The van der Waals surface area contributed by atoms with Crippen molar-refractivity contribution in [3.8, 4) is 0 Å². The molecule has 0 bridgehead atoms. The van der Waals surface area contributed by atoms with E-state index in [9.17, 15) is 9.59 Å². The highest BCUT2D eigenvalue weighted by Crippen LogP contribution is 2.32. The first-order valence-corrected chi connectivity index (χ1v) is 7.71. The highest BCUT2D eigenvalue weighted by molar-refractivity contribution is 5.82. The normalized spacial score (nSPS) is 18.8. The summed E-state index contributed by atoms with van der Waals surface area (Å²) in [5.74, 6) is -0.767. The van der Waals surface area contributed by atoms with Crippen molar-refractivity contribution in [2.75, 3.05) is 20.6 Å². The molecule has 1 rings (SSSR count). The van der Waals surface area contributed by atoms with Crippen molar-refractivity contribution in [1.82, 2.24) is 15.5 Å². The Morgan fingerprint density at radius 1 is 1.24 bits per heavy atom. The lowest BCUT2D eigenvalue weighted by atomic mass is 9.96. The van der Waals surface area contributed by atoms with Crippen molar-refractivity contribution in [1.29, 1.82) is 0 Å². The molecule has 1 fully saturated rings. The Morgan fingerprint density at radius 2 is 1.81 bits per heavy atom. The fourth-order valence-corrected chi connectivity index (χ4v) is 2.96. The van der Waals surface area contributed by atoms with Crippen LogP contribution >= 0.6 is 0 Å². The summed E-state index contributed by atoms with van der Waals surface area (Å²) in [4.78, 5) is 25.3. The molecular formula is C15H29N3O3. The van der Waals surface area contributed by atoms with Crippen LogP contribution in [0.4, 0.5) is 4.79 Å². The average molecular weight is 299 g/mol. The second-order valence-corrected chi connectivity index (χ2v) is 6.67. The van der Waals surface area contributed by atoms with E-state index >= 15 is 0 Å². The number of carboxylic acids is 1. The zero-order chi connectivity index (χ0) is 16.0. The van der Waals surface area contributed by atoms with Gasteiger partial charge in [0, 0.05) is 12.1 Å². The molecular weight excluding hydrogens is 270 g/mol. The average Bonchev–Trinajstić information content (AvgIpc) is 2.85. The van der Waals surface area contributed by atoms with Crippen LogP contribution in [0.2, 0.25) is 0 Å². The molecule has 0 aromatic carbocycles. The van der Waals surface area contributed by atoms with Crippen LogP contribution in [0.5, 0.6) is 0 Å². The van der Waals surface area contributed by atoms with Crippen LogP contribution in [0.15, 0.2) is 0 Å². The molecule has 6 nitrogen and oxygen atoms in total. The smallest absolute Gasteiger partial charge is 0.326 e. The van der Waals surface area contributed by atoms with Crippen LogP contribution in [-0.2, 0) is 4.79 Å².